The zero-order chi connectivity index (χ0) is 21.1. The van der Waals surface area contributed by atoms with E-state index < -0.39 is 0 Å². The number of urea groups is 1. The van der Waals surface area contributed by atoms with Gasteiger partial charge in [0.25, 0.3) is 0 Å². The van der Waals surface area contributed by atoms with Crippen molar-refractivity contribution in [2.45, 2.75) is 6.54 Å². The first-order chi connectivity index (χ1) is 14.6. The maximum Gasteiger partial charge on any atom is 0.317 e. The maximum atomic E-state index is 13.9. The fraction of sp³-hybridized carbons (Fsp3) is 0.333. The van der Waals surface area contributed by atoms with E-state index in [1.165, 1.54) is 17.4 Å². The van der Waals surface area contributed by atoms with Crippen LogP contribution < -0.4 is 19.7 Å². The van der Waals surface area contributed by atoms with Gasteiger partial charge in [-0.25, -0.2) is 14.2 Å². The van der Waals surface area contributed by atoms with Gasteiger partial charge < -0.3 is 24.6 Å². The SMILES string of the molecule is COc1ccc(CNC(=O)N2CCN(c3nc4c(F)cccc4s3)CC2)cc1OC. The van der Waals surface area contributed by atoms with Gasteiger partial charge in [-0.15, -0.1) is 0 Å². The molecule has 2 aromatic carbocycles. The number of hydrogen-bond donors (Lipinski definition) is 1. The Kier molecular flexibility index (Phi) is 5.89. The van der Waals surface area contributed by atoms with Crippen LogP contribution in [0.2, 0.25) is 0 Å². The van der Waals surface area contributed by atoms with E-state index in [-0.39, 0.29) is 11.8 Å². The van der Waals surface area contributed by atoms with Gasteiger partial charge >= 0.3 is 6.03 Å². The van der Waals surface area contributed by atoms with Crippen LogP contribution in [0.4, 0.5) is 14.3 Å². The van der Waals surface area contributed by atoms with Crippen LogP contribution in [-0.4, -0.2) is 56.3 Å². The molecule has 30 heavy (non-hydrogen) atoms. The number of thiazole rings is 1. The molecule has 1 saturated heterocycles. The number of benzene rings is 2. The Bertz CT molecular complexity index is 1050. The van der Waals surface area contributed by atoms with Gasteiger partial charge in [0.1, 0.15) is 11.3 Å². The highest BCUT2D eigenvalue weighted by Gasteiger charge is 2.23. The third-order valence-corrected chi connectivity index (χ3v) is 6.17. The summed E-state index contributed by atoms with van der Waals surface area (Å²) in [6.07, 6.45) is 0. The summed E-state index contributed by atoms with van der Waals surface area (Å²) in [6, 6.07) is 10.4. The van der Waals surface area contributed by atoms with Gasteiger partial charge in [0, 0.05) is 32.7 Å². The van der Waals surface area contributed by atoms with Gasteiger partial charge in [0.2, 0.25) is 0 Å². The number of ether oxygens (including phenoxy) is 2. The zero-order valence-corrected chi connectivity index (χ0v) is 17.7. The molecule has 1 N–H and O–H groups in total. The van der Waals surface area contributed by atoms with Crippen molar-refractivity contribution in [3.8, 4) is 11.5 Å². The second-order valence-corrected chi connectivity index (χ2v) is 7.91. The second-order valence-electron chi connectivity index (χ2n) is 6.91. The number of rotatable bonds is 5. The third kappa shape index (κ3) is 4.11. The number of anilines is 1. The Hall–Kier alpha value is -3.07. The Labute approximate surface area is 178 Å². The standard InChI is InChI=1S/C21H23FN4O3S/c1-28-16-7-6-14(12-17(16)29-2)13-23-20(27)25-8-10-26(11-9-25)21-24-19-15(22)4-3-5-18(19)30-21/h3-7,12H,8-11,13H2,1-2H3,(H,23,27). The first-order valence-corrected chi connectivity index (χ1v) is 10.4. The van der Waals surface area contributed by atoms with Crippen LogP contribution >= 0.6 is 11.3 Å². The number of nitrogens with one attached hydrogen (secondary N) is 1. The molecule has 0 bridgehead atoms. The van der Waals surface area contributed by atoms with E-state index in [0.29, 0.717) is 49.7 Å². The molecule has 0 spiro atoms. The first kappa shape index (κ1) is 20.2. The van der Waals surface area contributed by atoms with Gasteiger partial charge in [-0.3, -0.25) is 0 Å². The number of halogens is 1. The molecule has 158 valence electrons. The summed E-state index contributed by atoms with van der Waals surface area (Å²) in [5.74, 6) is 0.978. The van der Waals surface area contributed by atoms with Gasteiger partial charge in [-0.05, 0) is 29.8 Å². The van der Waals surface area contributed by atoms with Crippen molar-refractivity contribution in [1.82, 2.24) is 15.2 Å². The summed E-state index contributed by atoms with van der Waals surface area (Å²) >= 11 is 1.48. The second kappa shape index (κ2) is 8.74. The van der Waals surface area contributed by atoms with Gasteiger partial charge in [0.15, 0.2) is 16.6 Å². The lowest BCUT2D eigenvalue weighted by molar-refractivity contribution is 0.194. The summed E-state index contributed by atoms with van der Waals surface area (Å²) in [5, 5.41) is 3.74. The first-order valence-electron chi connectivity index (χ1n) is 9.62. The van der Waals surface area contributed by atoms with Crippen molar-refractivity contribution in [2.24, 2.45) is 0 Å². The highest BCUT2D eigenvalue weighted by Crippen LogP contribution is 2.31. The molecule has 0 radical (unpaired) electrons. The minimum atomic E-state index is -0.303. The van der Waals surface area contributed by atoms with Crippen molar-refractivity contribution in [3.05, 3.63) is 47.8 Å². The molecule has 2 heterocycles. The summed E-state index contributed by atoms with van der Waals surface area (Å²) < 4.78 is 25.3. The molecule has 4 rings (SSSR count). The molecule has 1 aromatic heterocycles. The topological polar surface area (TPSA) is 66.9 Å². The molecule has 0 unspecified atom stereocenters. The van der Waals surface area contributed by atoms with Crippen LogP contribution in [0.1, 0.15) is 5.56 Å². The number of methoxy groups -OCH3 is 2. The van der Waals surface area contributed by atoms with Crippen LogP contribution in [0.15, 0.2) is 36.4 Å². The summed E-state index contributed by atoms with van der Waals surface area (Å²) in [4.78, 5) is 20.9. The van der Waals surface area contributed by atoms with Crippen LogP contribution in [0.25, 0.3) is 10.2 Å². The molecule has 0 atom stereocenters. The fourth-order valence-corrected chi connectivity index (χ4v) is 4.45. The summed E-state index contributed by atoms with van der Waals surface area (Å²) in [5.41, 5.74) is 1.34. The van der Waals surface area contributed by atoms with Crippen LogP contribution in [0.5, 0.6) is 11.5 Å². The lowest BCUT2D eigenvalue weighted by Gasteiger charge is -2.34. The number of piperazine rings is 1. The lowest BCUT2D eigenvalue weighted by atomic mass is 10.2. The Morgan fingerprint density at radius 1 is 1.13 bits per heavy atom. The summed E-state index contributed by atoms with van der Waals surface area (Å²) in [7, 11) is 3.17. The zero-order valence-electron chi connectivity index (χ0n) is 16.9. The van der Waals surface area contributed by atoms with E-state index >= 15 is 0 Å². The highest BCUT2D eigenvalue weighted by molar-refractivity contribution is 7.22. The molecule has 1 aliphatic heterocycles. The molecule has 1 fully saturated rings. The van der Waals surface area contributed by atoms with Crippen LogP contribution in [0, 0.1) is 5.82 Å². The van der Waals surface area contributed by atoms with E-state index in [1.807, 2.05) is 24.3 Å². The van der Waals surface area contributed by atoms with Crippen molar-refractivity contribution in [2.75, 3.05) is 45.3 Å². The van der Waals surface area contributed by atoms with Gasteiger partial charge in [-0.2, -0.15) is 0 Å². The molecular formula is C21H23FN4O3S. The quantitative estimate of drug-likeness (QED) is 0.671. The Balaban J connectivity index is 1.32. The number of fused-ring (bicyclic) bond motifs is 1. The average Bonchev–Trinajstić information content (AvgIpc) is 3.23. The number of nitrogens with zero attached hydrogens (tertiary/aromatic N) is 3. The molecule has 7 nitrogen and oxygen atoms in total. The molecule has 0 aliphatic carbocycles. The number of carbonyl (C=O) groups is 1. The molecule has 3 aromatic rings. The molecular weight excluding hydrogens is 407 g/mol. The van der Waals surface area contributed by atoms with Gasteiger partial charge in [-0.1, -0.05) is 23.5 Å². The Morgan fingerprint density at radius 3 is 2.60 bits per heavy atom. The maximum absolute atomic E-state index is 13.9. The molecule has 1 aliphatic rings. The number of aromatic nitrogens is 1. The predicted molar refractivity (Wildman–Crippen MR) is 115 cm³/mol. The van der Waals surface area contributed by atoms with Gasteiger partial charge in [0.05, 0.1) is 18.9 Å². The number of hydrogen-bond acceptors (Lipinski definition) is 6. The van der Waals surface area contributed by atoms with Crippen molar-refractivity contribution < 1.29 is 18.7 Å². The van der Waals surface area contributed by atoms with Crippen molar-refractivity contribution in [3.63, 3.8) is 0 Å². The Morgan fingerprint density at radius 2 is 1.90 bits per heavy atom. The van der Waals surface area contributed by atoms with Crippen molar-refractivity contribution in [1.29, 1.82) is 0 Å². The van der Waals surface area contributed by atoms with E-state index in [1.54, 1.807) is 25.2 Å². The highest BCUT2D eigenvalue weighted by atomic mass is 32.1. The number of para-hydroxylation sites is 1. The van der Waals surface area contributed by atoms with E-state index in [4.69, 9.17) is 9.47 Å². The minimum absolute atomic E-state index is 0.111. The average molecular weight is 431 g/mol. The molecule has 9 heteroatoms. The van der Waals surface area contributed by atoms with E-state index in [0.717, 1.165) is 15.4 Å². The third-order valence-electron chi connectivity index (χ3n) is 5.09. The lowest BCUT2D eigenvalue weighted by Crippen LogP contribution is -2.51. The van der Waals surface area contributed by atoms with Crippen LogP contribution in [0.3, 0.4) is 0 Å². The van der Waals surface area contributed by atoms with Crippen molar-refractivity contribution >= 4 is 32.7 Å². The molecule has 2 amide bonds. The van der Waals surface area contributed by atoms with E-state index in [2.05, 4.69) is 15.2 Å². The summed E-state index contributed by atoms with van der Waals surface area (Å²) in [6.45, 7) is 2.87. The smallest absolute Gasteiger partial charge is 0.317 e. The minimum Gasteiger partial charge on any atom is -0.493 e. The number of carbonyl (C=O) groups excluding carboxylic acids is 1. The van der Waals surface area contributed by atoms with Crippen LogP contribution in [-0.2, 0) is 6.54 Å². The predicted octanol–water partition coefficient (Wildman–Crippen LogP) is 3.48. The largest absolute Gasteiger partial charge is 0.493 e. The fourth-order valence-electron chi connectivity index (χ4n) is 3.42. The monoisotopic (exact) mass is 430 g/mol. The molecule has 0 saturated carbocycles. The normalized spacial score (nSPS) is 14.1. The number of amides is 2. The van der Waals surface area contributed by atoms with E-state index in [9.17, 15) is 9.18 Å².